The Kier molecular flexibility index (Phi) is 3.69. The van der Waals surface area contributed by atoms with Crippen LogP contribution in [0.4, 0.5) is 4.39 Å². The van der Waals surface area contributed by atoms with E-state index in [0.29, 0.717) is 11.3 Å². The molecule has 0 radical (unpaired) electrons. The number of hydrogen-bond donors (Lipinski definition) is 1. The number of methoxy groups -OCH3 is 1. The lowest BCUT2D eigenvalue weighted by Gasteiger charge is -2.01. The summed E-state index contributed by atoms with van der Waals surface area (Å²) in [6, 6.07) is 3.90. The minimum atomic E-state index is -1.02. The maximum Gasteiger partial charge on any atom is 0.315 e. The summed E-state index contributed by atoms with van der Waals surface area (Å²) in [7, 11) is 1.44. The predicted molar refractivity (Wildman–Crippen MR) is 52.1 cm³/mol. The summed E-state index contributed by atoms with van der Waals surface area (Å²) in [5.74, 6) is 3.92. The molecule has 0 heterocycles. The van der Waals surface area contributed by atoms with Gasteiger partial charge in [0.2, 0.25) is 0 Å². The molecule has 0 aliphatic carbocycles. The summed E-state index contributed by atoms with van der Waals surface area (Å²) in [5, 5.41) is 8.36. The third-order valence-electron chi connectivity index (χ3n) is 1.62. The van der Waals surface area contributed by atoms with E-state index < -0.39 is 11.8 Å². The lowest BCUT2D eigenvalue weighted by molar-refractivity contribution is -0.135. The number of carboxylic acids is 1. The quantitative estimate of drug-likeness (QED) is 0.752. The molecule has 15 heavy (non-hydrogen) atoms. The molecule has 0 aliphatic heterocycles. The first-order valence-electron chi connectivity index (χ1n) is 4.17. The van der Waals surface area contributed by atoms with Crippen LogP contribution in [-0.2, 0) is 4.79 Å². The fourth-order valence-electron chi connectivity index (χ4n) is 0.993. The molecule has 1 aromatic carbocycles. The predicted octanol–water partition coefficient (Wildman–Crippen LogP) is 1.66. The van der Waals surface area contributed by atoms with Crippen molar-refractivity contribution in [3.8, 4) is 17.6 Å². The Morgan fingerprint density at radius 1 is 1.60 bits per heavy atom. The van der Waals surface area contributed by atoms with Crippen molar-refractivity contribution in [2.75, 3.05) is 7.11 Å². The van der Waals surface area contributed by atoms with Crippen molar-refractivity contribution in [2.45, 2.75) is 6.42 Å². The molecule has 1 rings (SSSR count). The molecule has 3 nitrogen and oxygen atoms in total. The smallest absolute Gasteiger partial charge is 0.315 e. The molecule has 0 amide bonds. The number of benzene rings is 1. The van der Waals surface area contributed by atoms with Crippen molar-refractivity contribution >= 4 is 5.97 Å². The molecule has 0 saturated heterocycles. The van der Waals surface area contributed by atoms with Crippen LogP contribution in [0.2, 0.25) is 0 Å². The molecule has 78 valence electrons. The van der Waals surface area contributed by atoms with E-state index in [-0.39, 0.29) is 6.42 Å². The van der Waals surface area contributed by atoms with E-state index in [1.165, 1.54) is 25.3 Å². The van der Waals surface area contributed by atoms with Crippen LogP contribution < -0.4 is 4.74 Å². The zero-order valence-corrected chi connectivity index (χ0v) is 8.08. The molecule has 0 fully saturated rings. The van der Waals surface area contributed by atoms with Gasteiger partial charge in [0.1, 0.15) is 18.0 Å². The first kappa shape index (κ1) is 11.1. The van der Waals surface area contributed by atoms with Crippen LogP contribution in [0.1, 0.15) is 12.0 Å². The summed E-state index contributed by atoms with van der Waals surface area (Å²) in [5.41, 5.74) is 0.346. The van der Waals surface area contributed by atoms with Gasteiger partial charge in [0.05, 0.1) is 12.7 Å². The van der Waals surface area contributed by atoms with Gasteiger partial charge in [-0.05, 0) is 18.2 Å². The average molecular weight is 208 g/mol. The van der Waals surface area contributed by atoms with Gasteiger partial charge in [-0.2, -0.15) is 0 Å². The Bertz CT molecular complexity index is 429. The van der Waals surface area contributed by atoms with Crippen LogP contribution in [0.15, 0.2) is 18.2 Å². The Labute approximate surface area is 86.5 Å². The molecule has 1 aromatic rings. The largest absolute Gasteiger partial charge is 0.495 e. The Balaban J connectivity index is 2.94. The fourth-order valence-corrected chi connectivity index (χ4v) is 0.993. The topological polar surface area (TPSA) is 46.5 Å². The SMILES string of the molecule is COc1ccc(F)cc1C#CCC(=O)O. The molecule has 0 aromatic heterocycles. The molecular weight excluding hydrogens is 199 g/mol. The zero-order chi connectivity index (χ0) is 11.3. The normalized spacial score (nSPS) is 8.93. The van der Waals surface area contributed by atoms with Crippen LogP contribution in [-0.4, -0.2) is 18.2 Å². The lowest BCUT2D eigenvalue weighted by Crippen LogP contribution is -1.92. The van der Waals surface area contributed by atoms with Crippen molar-refractivity contribution in [3.63, 3.8) is 0 Å². The maximum atomic E-state index is 12.8. The highest BCUT2D eigenvalue weighted by Crippen LogP contribution is 2.17. The van der Waals surface area contributed by atoms with Gasteiger partial charge < -0.3 is 9.84 Å². The molecule has 0 saturated carbocycles. The Morgan fingerprint density at radius 2 is 2.33 bits per heavy atom. The van der Waals surface area contributed by atoms with Crippen molar-refractivity contribution in [1.29, 1.82) is 0 Å². The van der Waals surface area contributed by atoms with Gasteiger partial charge >= 0.3 is 5.97 Å². The van der Waals surface area contributed by atoms with E-state index in [1.807, 2.05) is 0 Å². The van der Waals surface area contributed by atoms with E-state index in [0.717, 1.165) is 0 Å². The third kappa shape index (κ3) is 3.31. The molecule has 4 heteroatoms. The maximum absolute atomic E-state index is 12.8. The van der Waals surface area contributed by atoms with Gasteiger partial charge in [0, 0.05) is 0 Å². The number of halogens is 1. The van der Waals surface area contributed by atoms with Gasteiger partial charge in [0.15, 0.2) is 0 Å². The summed E-state index contributed by atoms with van der Waals surface area (Å²) in [4.78, 5) is 10.2. The fraction of sp³-hybridized carbons (Fsp3) is 0.182. The van der Waals surface area contributed by atoms with Gasteiger partial charge in [0.25, 0.3) is 0 Å². The number of rotatable bonds is 2. The molecular formula is C11H9FO3. The summed E-state index contributed by atoms with van der Waals surface area (Å²) in [6.07, 6.45) is -0.278. The van der Waals surface area contributed by atoms with Crippen LogP contribution in [0.25, 0.3) is 0 Å². The molecule has 0 unspecified atom stereocenters. The average Bonchev–Trinajstić information content (AvgIpc) is 2.17. The van der Waals surface area contributed by atoms with Gasteiger partial charge in [-0.3, -0.25) is 4.79 Å². The minimum absolute atomic E-state index is 0.278. The minimum Gasteiger partial charge on any atom is -0.495 e. The Hall–Kier alpha value is -2.02. The second-order valence-corrected chi connectivity index (χ2v) is 2.72. The molecule has 0 spiro atoms. The van der Waals surface area contributed by atoms with E-state index in [4.69, 9.17) is 9.84 Å². The zero-order valence-electron chi connectivity index (χ0n) is 8.08. The monoisotopic (exact) mass is 208 g/mol. The summed E-state index contributed by atoms with van der Waals surface area (Å²) >= 11 is 0. The number of ether oxygens (including phenoxy) is 1. The Morgan fingerprint density at radius 3 is 2.93 bits per heavy atom. The molecule has 0 aliphatic rings. The van der Waals surface area contributed by atoms with Gasteiger partial charge in [-0.15, -0.1) is 0 Å². The van der Waals surface area contributed by atoms with E-state index in [9.17, 15) is 9.18 Å². The highest BCUT2D eigenvalue weighted by molar-refractivity contribution is 5.70. The van der Waals surface area contributed by atoms with Gasteiger partial charge in [-0.1, -0.05) is 11.8 Å². The standard InChI is InChI=1S/C11H9FO3/c1-15-10-6-5-9(12)7-8(10)3-2-4-11(13)14/h5-7H,4H2,1H3,(H,13,14). The molecule has 1 N–H and O–H groups in total. The van der Waals surface area contributed by atoms with Crippen LogP contribution >= 0.6 is 0 Å². The first-order chi connectivity index (χ1) is 7.13. The third-order valence-corrected chi connectivity index (χ3v) is 1.62. The number of hydrogen-bond acceptors (Lipinski definition) is 2. The van der Waals surface area contributed by atoms with E-state index >= 15 is 0 Å². The number of carbonyl (C=O) groups is 1. The highest BCUT2D eigenvalue weighted by atomic mass is 19.1. The van der Waals surface area contributed by atoms with Crippen molar-refractivity contribution < 1.29 is 19.0 Å². The molecule has 0 bridgehead atoms. The highest BCUT2D eigenvalue weighted by Gasteiger charge is 2.01. The van der Waals surface area contributed by atoms with E-state index in [2.05, 4.69) is 11.8 Å². The van der Waals surface area contributed by atoms with Crippen molar-refractivity contribution in [1.82, 2.24) is 0 Å². The van der Waals surface area contributed by atoms with Crippen LogP contribution in [0, 0.1) is 17.7 Å². The second-order valence-electron chi connectivity index (χ2n) is 2.72. The van der Waals surface area contributed by atoms with Crippen molar-refractivity contribution in [3.05, 3.63) is 29.6 Å². The number of aliphatic carboxylic acids is 1. The van der Waals surface area contributed by atoms with E-state index in [1.54, 1.807) is 0 Å². The first-order valence-corrected chi connectivity index (χ1v) is 4.17. The van der Waals surface area contributed by atoms with Gasteiger partial charge in [-0.25, -0.2) is 4.39 Å². The second kappa shape index (κ2) is 5.01. The summed E-state index contributed by atoms with van der Waals surface area (Å²) < 4.78 is 17.8. The lowest BCUT2D eigenvalue weighted by atomic mass is 10.2. The summed E-state index contributed by atoms with van der Waals surface area (Å²) in [6.45, 7) is 0. The number of carboxylic acid groups (broad SMARTS) is 1. The molecule has 0 atom stereocenters. The van der Waals surface area contributed by atoms with Crippen molar-refractivity contribution in [2.24, 2.45) is 0 Å². The van der Waals surface area contributed by atoms with Crippen LogP contribution in [0.5, 0.6) is 5.75 Å². The van der Waals surface area contributed by atoms with Crippen LogP contribution in [0.3, 0.4) is 0 Å².